The molecule has 4 rings (SSSR count). The van der Waals surface area contributed by atoms with Gasteiger partial charge >= 0.3 is 0 Å². The monoisotopic (exact) mass is 322 g/mol. The van der Waals surface area contributed by atoms with Gasteiger partial charge in [0.2, 0.25) is 5.91 Å². The van der Waals surface area contributed by atoms with Crippen LogP contribution in [0.5, 0.6) is 5.75 Å². The van der Waals surface area contributed by atoms with Gasteiger partial charge < -0.3 is 15.7 Å². The summed E-state index contributed by atoms with van der Waals surface area (Å²) in [6.45, 7) is 2.77. The lowest BCUT2D eigenvalue weighted by molar-refractivity contribution is -0.122. The summed E-state index contributed by atoms with van der Waals surface area (Å²) in [7, 11) is 0. The molecule has 1 saturated carbocycles. The third-order valence-electron chi connectivity index (χ3n) is 5.43. The van der Waals surface area contributed by atoms with Crippen LogP contribution in [0.2, 0.25) is 0 Å². The van der Waals surface area contributed by atoms with E-state index in [9.17, 15) is 9.90 Å². The van der Waals surface area contributed by atoms with Gasteiger partial charge in [0.15, 0.2) is 0 Å². The SMILES string of the molecule is C[C@@]1(c2ccccc2)C[C@H]1C(=O)NC[C@@H]1Cc2ccc(O)cc2N1. The molecule has 0 bridgehead atoms. The first kappa shape index (κ1) is 15.1. The highest BCUT2D eigenvalue weighted by atomic mass is 16.3. The van der Waals surface area contributed by atoms with E-state index in [-0.39, 0.29) is 29.0 Å². The molecule has 4 nitrogen and oxygen atoms in total. The molecule has 2 aromatic carbocycles. The van der Waals surface area contributed by atoms with Crippen molar-refractivity contribution in [1.29, 1.82) is 0 Å². The first-order valence-electron chi connectivity index (χ1n) is 8.48. The largest absolute Gasteiger partial charge is 0.508 e. The molecule has 24 heavy (non-hydrogen) atoms. The van der Waals surface area contributed by atoms with Gasteiger partial charge in [0.1, 0.15) is 5.75 Å². The van der Waals surface area contributed by atoms with Crippen molar-refractivity contribution in [3.05, 3.63) is 59.7 Å². The van der Waals surface area contributed by atoms with Gasteiger partial charge in [-0.3, -0.25) is 4.79 Å². The number of fused-ring (bicyclic) bond motifs is 1. The van der Waals surface area contributed by atoms with Crippen molar-refractivity contribution in [3.8, 4) is 5.75 Å². The minimum Gasteiger partial charge on any atom is -0.508 e. The number of carbonyl (C=O) groups excluding carboxylic acids is 1. The summed E-state index contributed by atoms with van der Waals surface area (Å²) >= 11 is 0. The van der Waals surface area contributed by atoms with E-state index in [4.69, 9.17) is 0 Å². The highest BCUT2D eigenvalue weighted by Gasteiger charge is 2.55. The van der Waals surface area contributed by atoms with Crippen LogP contribution in [0.1, 0.15) is 24.5 Å². The normalized spacial score (nSPS) is 27.2. The van der Waals surface area contributed by atoms with Crippen LogP contribution in [0, 0.1) is 5.92 Å². The molecule has 1 amide bonds. The third-order valence-corrected chi connectivity index (χ3v) is 5.43. The van der Waals surface area contributed by atoms with E-state index in [2.05, 4.69) is 29.7 Å². The predicted molar refractivity (Wildman–Crippen MR) is 94.1 cm³/mol. The third kappa shape index (κ3) is 2.62. The summed E-state index contributed by atoms with van der Waals surface area (Å²) in [6, 6.07) is 15.8. The van der Waals surface area contributed by atoms with Crippen LogP contribution in [0.4, 0.5) is 5.69 Å². The van der Waals surface area contributed by atoms with E-state index in [0.29, 0.717) is 6.54 Å². The molecule has 1 fully saturated rings. The van der Waals surface area contributed by atoms with E-state index in [0.717, 1.165) is 18.5 Å². The maximum Gasteiger partial charge on any atom is 0.224 e. The van der Waals surface area contributed by atoms with Crippen LogP contribution >= 0.6 is 0 Å². The summed E-state index contributed by atoms with van der Waals surface area (Å²) in [5.41, 5.74) is 3.37. The van der Waals surface area contributed by atoms with Crippen LogP contribution < -0.4 is 10.6 Å². The summed E-state index contributed by atoms with van der Waals surface area (Å²) in [4.78, 5) is 12.5. The molecule has 3 atom stereocenters. The molecule has 0 saturated heterocycles. The first-order chi connectivity index (χ1) is 11.6. The Hall–Kier alpha value is -2.49. The molecule has 124 valence electrons. The van der Waals surface area contributed by atoms with Gasteiger partial charge in [0, 0.05) is 35.7 Å². The van der Waals surface area contributed by atoms with Gasteiger partial charge in [-0.1, -0.05) is 43.3 Å². The minimum absolute atomic E-state index is 0.0246. The Morgan fingerprint density at radius 3 is 2.88 bits per heavy atom. The number of aromatic hydroxyl groups is 1. The average molecular weight is 322 g/mol. The first-order valence-corrected chi connectivity index (χ1v) is 8.48. The van der Waals surface area contributed by atoms with Crippen LogP contribution in [0.3, 0.4) is 0 Å². The zero-order valence-corrected chi connectivity index (χ0v) is 13.8. The number of rotatable bonds is 4. The zero-order chi connectivity index (χ0) is 16.7. The molecular formula is C20H22N2O2. The Morgan fingerprint density at radius 2 is 2.08 bits per heavy atom. The quantitative estimate of drug-likeness (QED) is 0.811. The van der Waals surface area contributed by atoms with Gasteiger partial charge in [0.25, 0.3) is 0 Å². The van der Waals surface area contributed by atoms with E-state index in [1.807, 2.05) is 24.3 Å². The predicted octanol–water partition coefficient (Wildman–Crippen LogP) is 2.82. The van der Waals surface area contributed by atoms with E-state index >= 15 is 0 Å². The number of hydrogen-bond donors (Lipinski definition) is 3. The number of carbonyl (C=O) groups is 1. The number of amides is 1. The molecule has 0 unspecified atom stereocenters. The van der Waals surface area contributed by atoms with E-state index < -0.39 is 0 Å². The molecule has 1 aliphatic carbocycles. The van der Waals surface area contributed by atoms with E-state index in [1.54, 1.807) is 12.1 Å². The van der Waals surface area contributed by atoms with Gasteiger partial charge in [-0.05, 0) is 30.0 Å². The van der Waals surface area contributed by atoms with Crippen LogP contribution in [0.15, 0.2) is 48.5 Å². The molecule has 0 aromatic heterocycles. The minimum atomic E-state index is -0.0246. The molecule has 2 aliphatic rings. The standard InChI is InChI=1S/C20H22N2O2/c1-20(14-5-3-2-4-6-14)11-17(20)19(24)21-12-15-9-13-7-8-16(23)10-18(13)22-15/h2-8,10,15,17,22-23H,9,11-12H2,1H3,(H,21,24)/t15-,17-,20-/m0/s1. The fraction of sp³-hybridized carbons (Fsp3) is 0.350. The summed E-state index contributed by atoms with van der Waals surface area (Å²) < 4.78 is 0. The molecule has 4 heteroatoms. The van der Waals surface area contributed by atoms with Crippen LogP contribution in [-0.4, -0.2) is 23.6 Å². The van der Waals surface area contributed by atoms with Crippen molar-refractivity contribution in [1.82, 2.24) is 5.32 Å². The number of phenolic OH excluding ortho intramolecular Hbond substituents is 1. The van der Waals surface area contributed by atoms with Crippen LogP contribution in [0.25, 0.3) is 0 Å². The van der Waals surface area contributed by atoms with E-state index in [1.165, 1.54) is 11.1 Å². The summed E-state index contributed by atoms with van der Waals surface area (Å²) in [5.74, 6) is 0.470. The topological polar surface area (TPSA) is 61.4 Å². The number of hydrogen-bond acceptors (Lipinski definition) is 3. The molecule has 0 spiro atoms. The zero-order valence-electron chi connectivity index (χ0n) is 13.8. The van der Waals surface area contributed by atoms with Crippen molar-refractivity contribution < 1.29 is 9.90 Å². The van der Waals surface area contributed by atoms with Crippen molar-refractivity contribution in [2.24, 2.45) is 5.92 Å². The highest BCUT2D eigenvalue weighted by molar-refractivity contribution is 5.84. The maximum absolute atomic E-state index is 12.5. The van der Waals surface area contributed by atoms with Crippen molar-refractivity contribution in [2.75, 3.05) is 11.9 Å². The van der Waals surface area contributed by atoms with Crippen molar-refractivity contribution >= 4 is 11.6 Å². The number of anilines is 1. The second kappa shape index (κ2) is 5.55. The Balaban J connectivity index is 1.33. The molecular weight excluding hydrogens is 300 g/mol. The lowest BCUT2D eigenvalue weighted by Gasteiger charge is -2.15. The smallest absolute Gasteiger partial charge is 0.224 e. The molecule has 3 N–H and O–H groups in total. The average Bonchev–Trinajstić information content (AvgIpc) is 3.13. The van der Waals surface area contributed by atoms with Crippen molar-refractivity contribution in [3.63, 3.8) is 0 Å². The molecule has 0 radical (unpaired) electrons. The van der Waals surface area contributed by atoms with Gasteiger partial charge in [-0.2, -0.15) is 0 Å². The second-order valence-corrected chi connectivity index (χ2v) is 7.17. The maximum atomic E-state index is 12.5. The molecule has 2 aromatic rings. The summed E-state index contributed by atoms with van der Waals surface area (Å²) in [6.07, 6.45) is 1.78. The van der Waals surface area contributed by atoms with Gasteiger partial charge in [-0.25, -0.2) is 0 Å². The Bertz CT molecular complexity index is 774. The number of phenols is 1. The Morgan fingerprint density at radius 1 is 1.29 bits per heavy atom. The molecule has 1 heterocycles. The Labute approximate surface area is 141 Å². The van der Waals surface area contributed by atoms with Crippen molar-refractivity contribution in [2.45, 2.75) is 31.2 Å². The number of nitrogens with one attached hydrogen (secondary N) is 2. The van der Waals surface area contributed by atoms with Gasteiger partial charge in [0.05, 0.1) is 0 Å². The number of benzene rings is 2. The lowest BCUT2D eigenvalue weighted by atomic mass is 9.95. The second-order valence-electron chi connectivity index (χ2n) is 7.17. The summed E-state index contributed by atoms with van der Waals surface area (Å²) in [5, 5.41) is 16.0. The highest BCUT2D eigenvalue weighted by Crippen LogP contribution is 2.53. The Kier molecular flexibility index (Phi) is 3.48. The lowest BCUT2D eigenvalue weighted by Crippen LogP contribution is -2.37. The van der Waals surface area contributed by atoms with Gasteiger partial charge in [-0.15, -0.1) is 0 Å². The fourth-order valence-corrected chi connectivity index (χ4v) is 3.77. The fourth-order valence-electron chi connectivity index (χ4n) is 3.77. The van der Waals surface area contributed by atoms with Crippen LogP contribution in [-0.2, 0) is 16.6 Å². The molecule has 1 aliphatic heterocycles.